The van der Waals surface area contributed by atoms with Crippen LogP contribution in [0.1, 0.15) is 49.2 Å². The molecule has 0 radical (unpaired) electrons. The molecule has 20 heavy (non-hydrogen) atoms. The Bertz CT molecular complexity index is 490. The van der Waals surface area contributed by atoms with E-state index in [0.717, 1.165) is 43.0 Å². The molecule has 0 bridgehead atoms. The number of hydrogen-bond donors (Lipinski definition) is 1. The molecule has 1 fully saturated rings. The molecule has 1 saturated heterocycles. The van der Waals surface area contributed by atoms with Gasteiger partial charge in [-0.2, -0.15) is 0 Å². The van der Waals surface area contributed by atoms with Gasteiger partial charge in [0.2, 0.25) is 0 Å². The monoisotopic (exact) mass is 275 g/mol. The molecule has 1 aliphatic rings. The summed E-state index contributed by atoms with van der Waals surface area (Å²) in [6, 6.07) is 3.71. The van der Waals surface area contributed by atoms with Crippen LogP contribution in [-0.4, -0.2) is 35.9 Å². The lowest BCUT2D eigenvalue weighted by Gasteiger charge is -2.39. The summed E-state index contributed by atoms with van der Waals surface area (Å²) in [4.78, 5) is 18.9. The van der Waals surface area contributed by atoms with Gasteiger partial charge in [0.05, 0.1) is 0 Å². The van der Waals surface area contributed by atoms with E-state index in [2.05, 4.69) is 24.1 Å². The van der Waals surface area contributed by atoms with Gasteiger partial charge in [-0.05, 0) is 37.3 Å². The standard InChI is InChI=1S/C16H25N3O/c1-5-16(3)6-8-19(9-7-16)15(20)13-10-12(2)18-14(11-13)17-4/h10-11H,5-9H2,1-4H3,(H,17,18). The van der Waals surface area contributed by atoms with E-state index < -0.39 is 0 Å². The molecule has 0 aliphatic carbocycles. The second-order valence-electron chi connectivity index (χ2n) is 6.09. The highest BCUT2D eigenvalue weighted by atomic mass is 16.2. The molecule has 4 heteroatoms. The third kappa shape index (κ3) is 3.11. The number of aryl methyl sites for hydroxylation is 1. The van der Waals surface area contributed by atoms with E-state index in [4.69, 9.17) is 0 Å². The summed E-state index contributed by atoms with van der Waals surface area (Å²) >= 11 is 0. The van der Waals surface area contributed by atoms with E-state index in [1.165, 1.54) is 6.42 Å². The molecule has 2 heterocycles. The molecule has 0 unspecified atom stereocenters. The third-order valence-corrected chi connectivity index (χ3v) is 4.57. The number of hydrogen-bond acceptors (Lipinski definition) is 3. The van der Waals surface area contributed by atoms with Gasteiger partial charge < -0.3 is 10.2 Å². The minimum Gasteiger partial charge on any atom is -0.373 e. The van der Waals surface area contributed by atoms with E-state index in [-0.39, 0.29) is 5.91 Å². The number of carbonyl (C=O) groups is 1. The number of nitrogens with one attached hydrogen (secondary N) is 1. The van der Waals surface area contributed by atoms with Gasteiger partial charge in [-0.1, -0.05) is 20.3 Å². The highest BCUT2D eigenvalue weighted by molar-refractivity contribution is 5.95. The highest BCUT2D eigenvalue weighted by Crippen LogP contribution is 2.34. The Kier molecular flexibility index (Phi) is 4.31. The zero-order chi connectivity index (χ0) is 14.8. The predicted octanol–water partition coefficient (Wildman–Crippen LogP) is 3.08. The number of carbonyl (C=O) groups excluding carboxylic acids is 1. The lowest BCUT2D eigenvalue weighted by Crippen LogP contribution is -2.42. The fraction of sp³-hybridized carbons (Fsp3) is 0.625. The van der Waals surface area contributed by atoms with Crippen molar-refractivity contribution in [2.45, 2.75) is 40.0 Å². The topological polar surface area (TPSA) is 45.2 Å². The van der Waals surface area contributed by atoms with Crippen LogP contribution in [0.5, 0.6) is 0 Å². The summed E-state index contributed by atoms with van der Waals surface area (Å²) in [5, 5.41) is 3.01. The summed E-state index contributed by atoms with van der Waals surface area (Å²) in [5.41, 5.74) is 2.01. The minimum absolute atomic E-state index is 0.130. The lowest BCUT2D eigenvalue weighted by atomic mass is 9.78. The Hall–Kier alpha value is -1.58. The molecule has 1 N–H and O–H groups in total. The van der Waals surface area contributed by atoms with Crippen molar-refractivity contribution in [2.24, 2.45) is 5.41 Å². The first-order chi connectivity index (χ1) is 9.47. The molecule has 110 valence electrons. The first-order valence-electron chi connectivity index (χ1n) is 7.43. The highest BCUT2D eigenvalue weighted by Gasteiger charge is 2.30. The number of likely N-dealkylation sites (tertiary alicyclic amines) is 1. The van der Waals surface area contributed by atoms with Crippen LogP contribution >= 0.6 is 0 Å². The maximum atomic E-state index is 12.6. The Morgan fingerprint density at radius 3 is 2.60 bits per heavy atom. The number of piperidine rings is 1. The Morgan fingerprint density at radius 1 is 1.40 bits per heavy atom. The molecule has 4 nitrogen and oxygen atoms in total. The fourth-order valence-electron chi connectivity index (χ4n) is 2.71. The minimum atomic E-state index is 0.130. The molecular weight excluding hydrogens is 250 g/mol. The van der Waals surface area contributed by atoms with Gasteiger partial charge in [-0.15, -0.1) is 0 Å². The van der Waals surface area contributed by atoms with E-state index in [1.807, 2.05) is 31.0 Å². The van der Waals surface area contributed by atoms with Crippen molar-refractivity contribution in [1.82, 2.24) is 9.88 Å². The van der Waals surface area contributed by atoms with Crippen LogP contribution in [-0.2, 0) is 0 Å². The largest absolute Gasteiger partial charge is 0.373 e. The zero-order valence-corrected chi connectivity index (χ0v) is 13.0. The Morgan fingerprint density at radius 2 is 2.05 bits per heavy atom. The average molecular weight is 275 g/mol. The maximum Gasteiger partial charge on any atom is 0.254 e. The normalized spacial score (nSPS) is 17.9. The van der Waals surface area contributed by atoms with E-state index in [0.29, 0.717) is 5.41 Å². The van der Waals surface area contributed by atoms with Gasteiger partial charge in [-0.3, -0.25) is 4.79 Å². The molecule has 0 atom stereocenters. The Balaban J connectivity index is 2.11. The van der Waals surface area contributed by atoms with Gasteiger partial charge in [0.25, 0.3) is 5.91 Å². The number of aromatic nitrogens is 1. The van der Waals surface area contributed by atoms with Crippen molar-refractivity contribution in [2.75, 3.05) is 25.5 Å². The molecule has 1 aromatic rings. The first kappa shape index (κ1) is 14.8. The van der Waals surface area contributed by atoms with Crippen LogP contribution in [0, 0.1) is 12.3 Å². The molecule has 2 rings (SSSR count). The van der Waals surface area contributed by atoms with Gasteiger partial charge >= 0.3 is 0 Å². The van der Waals surface area contributed by atoms with Crippen molar-refractivity contribution in [3.63, 3.8) is 0 Å². The van der Waals surface area contributed by atoms with E-state index >= 15 is 0 Å². The molecule has 1 aliphatic heterocycles. The zero-order valence-electron chi connectivity index (χ0n) is 13.0. The second kappa shape index (κ2) is 5.81. The molecule has 1 amide bonds. The number of pyridine rings is 1. The quantitative estimate of drug-likeness (QED) is 0.922. The molecule has 0 spiro atoms. The maximum absolute atomic E-state index is 12.6. The number of nitrogens with zero attached hydrogens (tertiary/aromatic N) is 2. The van der Waals surface area contributed by atoms with Gasteiger partial charge in [0.15, 0.2) is 0 Å². The molecule has 0 aromatic carbocycles. The van der Waals surface area contributed by atoms with Crippen molar-refractivity contribution in [1.29, 1.82) is 0 Å². The van der Waals surface area contributed by atoms with Crippen LogP contribution in [0.15, 0.2) is 12.1 Å². The van der Waals surface area contributed by atoms with Crippen LogP contribution in [0.2, 0.25) is 0 Å². The van der Waals surface area contributed by atoms with Gasteiger partial charge in [-0.25, -0.2) is 4.98 Å². The van der Waals surface area contributed by atoms with E-state index in [9.17, 15) is 4.79 Å². The van der Waals surface area contributed by atoms with E-state index in [1.54, 1.807) is 0 Å². The Labute approximate surface area is 121 Å². The summed E-state index contributed by atoms with van der Waals surface area (Å²) in [5.74, 6) is 0.883. The number of amides is 1. The third-order valence-electron chi connectivity index (χ3n) is 4.57. The van der Waals surface area contributed by atoms with Crippen molar-refractivity contribution >= 4 is 11.7 Å². The van der Waals surface area contributed by atoms with Crippen LogP contribution in [0.4, 0.5) is 5.82 Å². The summed E-state index contributed by atoms with van der Waals surface area (Å²) < 4.78 is 0. The molecule has 0 saturated carbocycles. The lowest BCUT2D eigenvalue weighted by molar-refractivity contribution is 0.0600. The van der Waals surface area contributed by atoms with Crippen molar-refractivity contribution < 1.29 is 4.79 Å². The summed E-state index contributed by atoms with van der Waals surface area (Å²) in [6.07, 6.45) is 3.38. The molecular formula is C16H25N3O. The van der Waals surface area contributed by atoms with Crippen molar-refractivity contribution in [3.05, 3.63) is 23.4 Å². The summed E-state index contributed by atoms with van der Waals surface area (Å²) in [7, 11) is 1.82. The predicted molar refractivity (Wildman–Crippen MR) is 82.1 cm³/mol. The second-order valence-corrected chi connectivity index (χ2v) is 6.09. The van der Waals surface area contributed by atoms with Crippen LogP contribution < -0.4 is 5.32 Å². The van der Waals surface area contributed by atoms with Crippen LogP contribution in [0.3, 0.4) is 0 Å². The number of rotatable bonds is 3. The SMILES string of the molecule is CCC1(C)CCN(C(=O)c2cc(C)nc(NC)c2)CC1. The number of anilines is 1. The van der Waals surface area contributed by atoms with Gasteiger partial charge in [0.1, 0.15) is 5.82 Å². The average Bonchev–Trinajstić information content (AvgIpc) is 2.46. The smallest absolute Gasteiger partial charge is 0.254 e. The van der Waals surface area contributed by atoms with Crippen molar-refractivity contribution in [3.8, 4) is 0 Å². The van der Waals surface area contributed by atoms with Crippen LogP contribution in [0.25, 0.3) is 0 Å². The molecule has 1 aromatic heterocycles. The first-order valence-corrected chi connectivity index (χ1v) is 7.43. The summed E-state index contributed by atoms with van der Waals surface area (Å²) in [6.45, 7) is 8.20. The van der Waals surface area contributed by atoms with Gasteiger partial charge in [0, 0.05) is 31.4 Å². The fourth-order valence-corrected chi connectivity index (χ4v) is 2.71.